The van der Waals surface area contributed by atoms with Crippen molar-refractivity contribution in [2.75, 3.05) is 18.6 Å². The summed E-state index contributed by atoms with van der Waals surface area (Å²) in [5, 5.41) is 0. The van der Waals surface area contributed by atoms with E-state index in [1.165, 1.54) is 0 Å². The van der Waals surface area contributed by atoms with Crippen LogP contribution in [0.5, 0.6) is 11.5 Å². The average molecular weight is 520 g/mol. The minimum absolute atomic E-state index is 0.0541. The van der Waals surface area contributed by atoms with Gasteiger partial charge in [-0.25, -0.2) is 0 Å². The summed E-state index contributed by atoms with van der Waals surface area (Å²) in [5.41, 5.74) is 15.2. The van der Waals surface area contributed by atoms with Crippen molar-refractivity contribution in [1.29, 1.82) is 0 Å². The lowest BCUT2D eigenvalue weighted by molar-refractivity contribution is 0.0987. The first kappa shape index (κ1) is 24.7. The molecule has 2 heterocycles. The SMILES string of the molecule is CCCOc1ccc2c(c1)Cc1c(C(N)=O)ncc(-c3cccc(N4Cc5ccc(OC)cc5C4=O)c3C)c1-2. The van der Waals surface area contributed by atoms with E-state index in [1.807, 2.05) is 55.5 Å². The van der Waals surface area contributed by atoms with E-state index in [4.69, 9.17) is 15.2 Å². The Morgan fingerprint density at radius 1 is 1.00 bits per heavy atom. The predicted molar refractivity (Wildman–Crippen MR) is 150 cm³/mol. The van der Waals surface area contributed by atoms with E-state index in [-0.39, 0.29) is 11.6 Å². The lowest BCUT2D eigenvalue weighted by Gasteiger charge is -2.22. The molecule has 196 valence electrons. The second-order valence-electron chi connectivity index (χ2n) is 9.95. The highest BCUT2D eigenvalue weighted by molar-refractivity contribution is 6.11. The molecular formula is C32H29N3O4. The zero-order valence-electron chi connectivity index (χ0n) is 22.2. The number of nitrogens with two attached hydrogens (primary N) is 1. The highest BCUT2D eigenvalue weighted by Crippen LogP contribution is 2.46. The third kappa shape index (κ3) is 4.02. The molecule has 2 amide bonds. The molecule has 2 aliphatic rings. The molecule has 0 bridgehead atoms. The molecule has 7 heteroatoms. The van der Waals surface area contributed by atoms with Crippen molar-refractivity contribution >= 4 is 17.5 Å². The van der Waals surface area contributed by atoms with Crippen LogP contribution in [-0.2, 0) is 13.0 Å². The number of methoxy groups -OCH3 is 1. The van der Waals surface area contributed by atoms with Crippen LogP contribution in [0.15, 0.2) is 60.8 Å². The number of ether oxygens (including phenoxy) is 2. The van der Waals surface area contributed by atoms with Crippen molar-refractivity contribution in [2.24, 2.45) is 5.73 Å². The Balaban J connectivity index is 1.46. The van der Waals surface area contributed by atoms with Crippen LogP contribution >= 0.6 is 0 Å². The molecule has 1 aliphatic heterocycles. The van der Waals surface area contributed by atoms with Gasteiger partial charge in [-0.3, -0.25) is 14.6 Å². The summed E-state index contributed by atoms with van der Waals surface area (Å²) in [6.07, 6.45) is 3.20. The summed E-state index contributed by atoms with van der Waals surface area (Å²) in [7, 11) is 1.60. The number of carbonyl (C=O) groups excluding carboxylic acids is 2. The highest BCUT2D eigenvalue weighted by Gasteiger charge is 2.32. The van der Waals surface area contributed by atoms with Gasteiger partial charge in [-0.2, -0.15) is 0 Å². The van der Waals surface area contributed by atoms with Gasteiger partial charge in [0.25, 0.3) is 11.8 Å². The van der Waals surface area contributed by atoms with Gasteiger partial charge in [0.2, 0.25) is 0 Å². The van der Waals surface area contributed by atoms with Crippen LogP contribution < -0.4 is 20.1 Å². The van der Waals surface area contributed by atoms with E-state index in [2.05, 4.69) is 11.9 Å². The van der Waals surface area contributed by atoms with Gasteiger partial charge >= 0.3 is 0 Å². The molecule has 0 saturated heterocycles. The second-order valence-corrected chi connectivity index (χ2v) is 9.95. The first-order valence-electron chi connectivity index (χ1n) is 13.1. The van der Waals surface area contributed by atoms with Gasteiger partial charge in [0.1, 0.15) is 17.2 Å². The Morgan fingerprint density at radius 3 is 2.59 bits per heavy atom. The molecule has 39 heavy (non-hydrogen) atoms. The second kappa shape index (κ2) is 9.58. The monoisotopic (exact) mass is 519 g/mol. The molecule has 0 saturated carbocycles. The molecule has 7 nitrogen and oxygen atoms in total. The van der Waals surface area contributed by atoms with Crippen molar-refractivity contribution < 1.29 is 19.1 Å². The topological polar surface area (TPSA) is 94.8 Å². The quantitative estimate of drug-likeness (QED) is 0.298. The number of hydrogen-bond donors (Lipinski definition) is 1. The number of anilines is 1. The number of rotatable bonds is 7. The average Bonchev–Trinajstić information content (AvgIpc) is 3.48. The largest absolute Gasteiger partial charge is 0.497 e. The van der Waals surface area contributed by atoms with Gasteiger partial charge in [-0.1, -0.05) is 31.2 Å². The summed E-state index contributed by atoms with van der Waals surface area (Å²) >= 11 is 0. The Bertz CT molecular complexity index is 1660. The molecular weight excluding hydrogens is 490 g/mol. The molecule has 3 aromatic carbocycles. The Hall–Kier alpha value is -4.65. The van der Waals surface area contributed by atoms with Gasteiger partial charge in [-0.05, 0) is 82.6 Å². The van der Waals surface area contributed by atoms with Crippen LogP contribution in [0, 0.1) is 6.92 Å². The number of amides is 2. The van der Waals surface area contributed by atoms with Crippen LogP contribution in [-0.4, -0.2) is 30.5 Å². The molecule has 6 rings (SSSR count). The number of aromatic nitrogens is 1. The number of carbonyl (C=O) groups is 2. The van der Waals surface area contributed by atoms with Crippen molar-refractivity contribution in [3.63, 3.8) is 0 Å². The van der Waals surface area contributed by atoms with Crippen molar-refractivity contribution in [2.45, 2.75) is 33.2 Å². The van der Waals surface area contributed by atoms with Gasteiger partial charge in [0.15, 0.2) is 0 Å². The molecule has 0 spiro atoms. The third-order valence-electron chi connectivity index (χ3n) is 7.61. The lowest BCUT2D eigenvalue weighted by atomic mass is 9.91. The van der Waals surface area contributed by atoms with Gasteiger partial charge in [0, 0.05) is 29.4 Å². The minimum atomic E-state index is -0.547. The molecule has 0 radical (unpaired) electrons. The summed E-state index contributed by atoms with van der Waals surface area (Å²) in [4.78, 5) is 32.1. The molecule has 0 fully saturated rings. The van der Waals surface area contributed by atoms with E-state index in [1.54, 1.807) is 24.3 Å². The van der Waals surface area contributed by atoms with E-state index in [0.717, 1.165) is 62.4 Å². The number of hydrogen-bond acceptors (Lipinski definition) is 5. The zero-order valence-corrected chi connectivity index (χ0v) is 22.2. The van der Waals surface area contributed by atoms with Crippen molar-refractivity contribution in [1.82, 2.24) is 4.98 Å². The van der Waals surface area contributed by atoms with Crippen LogP contribution in [0.25, 0.3) is 22.3 Å². The van der Waals surface area contributed by atoms with Gasteiger partial charge in [0.05, 0.1) is 20.3 Å². The molecule has 2 N–H and O–H groups in total. The highest BCUT2D eigenvalue weighted by atomic mass is 16.5. The smallest absolute Gasteiger partial charge is 0.267 e. The third-order valence-corrected chi connectivity index (χ3v) is 7.61. The molecule has 1 aromatic heterocycles. The van der Waals surface area contributed by atoms with Crippen molar-refractivity contribution in [3.8, 4) is 33.8 Å². The van der Waals surface area contributed by atoms with Gasteiger partial charge in [-0.15, -0.1) is 0 Å². The maximum atomic E-state index is 13.4. The number of benzene rings is 3. The van der Waals surface area contributed by atoms with Crippen LogP contribution in [0.2, 0.25) is 0 Å². The normalized spacial score (nSPS) is 13.2. The van der Waals surface area contributed by atoms with E-state index < -0.39 is 5.91 Å². The maximum absolute atomic E-state index is 13.4. The van der Waals surface area contributed by atoms with Crippen LogP contribution in [0.3, 0.4) is 0 Å². The fourth-order valence-electron chi connectivity index (χ4n) is 5.72. The zero-order chi connectivity index (χ0) is 27.3. The Kier molecular flexibility index (Phi) is 6.06. The summed E-state index contributed by atoms with van der Waals surface area (Å²) in [6.45, 7) is 5.22. The van der Waals surface area contributed by atoms with E-state index in [9.17, 15) is 9.59 Å². The van der Waals surface area contributed by atoms with Crippen LogP contribution in [0.1, 0.15) is 56.4 Å². The number of pyridine rings is 1. The first-order valence-corrected chi connectivity index (χ1v) is 13.1. The molecule has 4 aromatic rings. The number of fused-ring (bicyclic) bond motifs is 4. The Morgan fingerprint density at radius 2 is 1.82 bits per heavy atom. The van der Waals surface area contributed by atoms with E-state index in [0.29, 0.717) is 30.9 Å². The standard InChI is InChI=1S/C32H29N3O4/c1-4-12-39-22-10-11-24-20(13-22)14-26-29(24)27(16-34-30(26)31(33)36)23-6-5-7-28(18(23)2)35-17-19-8-9-21(38-3)15-25(19)32(35)37/h5-11,13,15-16H,4,12,14,17H2,1-3H3,(H2,33,36). The molecule has 0 atom stereocenters. The van der Waals surface area contributed by atoms with Crippen LogP contribution in [0.4, 0.5) is 5.69 Å². The molecule has 1 aliphatic carbocycles. The lowest BCUT2D eigenvalue weighted by Crippen LogP contribution is -2.24. The first-order chi connectivity index (χ1) is 18.9. The summed E-state index contributed by atoms with van der Waals surface area (Å²) in [5.74, 6) is 0.865. The van der Waals surface area contributed by atoms with Crippen molar-refractivity contribution in [3.05, 3.63) is 94.3 Å². The predicted octanol–water partition coefficient (Wildman–Crippen LogP) is 5.68. The molecule has 0 unspecified atom stereocenters. The summed E-state index contributed by atoms with van der Waals surface area (Å²) < 4.78 is 11.2. The number of nitrogens with zero attached hydrogens (tertiary/aromatic N) is 2. The van der Waals surface area contributed by atoms with E-state index >= 15 is 0 Å². The fraction of sp³-hybridized carbons (Fsp3) is 0.219. The maximum Gasteiger partial charge on any atom is 0.267 e. The Labute approximate surface area is 227 Å². The fourth-order valence-corrected chi connectivity index (χ4v) is 5.72. The number of primary amides is 1. The summed E-state index contributed by atoms with van der Waals surface area (Å²) in [6, 6.07) is 17.6. The van der Waals surface area contributed by atoms with Gasteiger partial charge < -0.3 is 20.1 Å². The minimum Gasteiger partial charge on any atom is -0.497 e.